The Labute approximate surface area is 152 Å². The lowest BCUT2D eigenvalue weighted by Gasteiger charge is -2.28. The highest BCUT2D eigenvalue weighted by atomic mass is 32.2. The first kappa shape index (κ1) is 19.2. The van der Waals surface area contributed by atoms with Crippen LogP contribution >= 0.6 is 11.8 Å². The summed E-state index contributed by atoms with van der Waals surface area (Å²) < 4.78 is 12.2. The van der Waals surface area contributed by atoms with Gasteiger partial charge in [-0.2, -0.15) is 11.8 Å². The molecule has 0 aliphatic carbocycles. The van der Waals surface area contributed by atoms with Crippen molar-refractivity contribution < 1.29 is 14.0 Å². The van der Waals surface area contributed by atoms with Crippen molar-refractivity contribution in [2.75, 3.05) is 29.5 Å². The van der Waals surface area contributed by atoms with Gasteiger partial charge in [-0.05, 0) is 62.4 Å². The van der Waals surface area contributed by atoms with E-state index in [4.69, 9.17) is 0 Å². The maximum atomic E-state index is 12.2. The monoisotopic (exact) mass is 359 g/mol. The van der Waals surface area contributed by atoms with Crippen molar-refractivity contribution in [3.63, 3.8) is 0 Å². The number of Topliss-reactive ketones (excluding diaryl/α,β-unsaturated/α-hetero) is 2. The number of benzene rings is 2. The Morgan fingerprint density at radius 2 is 1.28 bits per heavy atom. The van der Waals surface area contributed by atoms with Gasteiger partial charge in [0.2, 0.25) is 0 Å². The van der Waals surface area contributed by atoms with Gasteiger partial charge in [-0.25, -0.2) is 4.39 Å². The minimum absolute atomic E-state index is 0.0417. The van der Waals surface area contributed by atoms with Crippen molar-refractivity contribution >= 4 is 29.0 Å². The molecule has 3 rings (SSSR count). The van der Waals surface area contributed by atoms with Gasteiger partial charge < -0.3 is 4.90 Å². The molecule has 0 saturated carbocycles. The predicted octanol–water partition coefficient (Wildman–Crippen LogP) is 4.47. The lowest BCUT2D eigenvalue weighted by molar-refractivity contribution is 0.100. The van der Waals surface area contributed by atoms with Crippen molar-refractivity contribution in [1.29, 1.82) is 0 Å². The Balaban J connectivity index is 0.000000196. The van der Waals surface area contributed by atoms with E-state index >= 15 is 0 Å². The summed E-state index contributed by atoms with van der Waals surface area (Å²) in [6, 6.07) is 13.4. The summed E-state index contributed by atoms with van der Waals surface area (Å²) in [6.07, 6.45) is 0. The average molecular weight is 359 g/mol. The van der Waals surface area contributed by atoms with E-state index in [1.807, 2.05) is 36.0 Å². The van der Waals surface area contributed by atoms with E-state index in [9.17, 15) is 14.0 Å². The maximum absolute atomic E-state index is 12.2. The third-order valence-electron chi connectivity index (χ3n) is 3.90. The van der Waals surface area contributed by atoms with Crippen LogP contribution < -0.4 is 4.90 Å². The second-order valence-electron chi connectivity index (χ2n) is 5.77. The molecule has 0 aromatic heterocycles. The van der Waals surface area contributed by atoms with Gasteiger partial charge in [0.05, 0.1) is 0 Å². The van der Waals surface area contributed by atoms with E-state index < -0.39 is 0 Å². The summed E-state index contributed by atoms with van der Waals surface area (Å²) in [6.45, 7) is 5.29. The van der Waals surface area contributed by atoms with Crippen LogP contribution in [0, 0.1) is 5.82 Å². The van der Waals surface area contributed by atoms with Crippen LogP contribution in [0.1, 0.15) is 34.6 Å². The third kappa shape index (κ3) is 6.02. The molecule has 1 saturated heterocycles. The van der Waals surface area contributed by atoms with Crippen molar-refractivity contribution in [3.05, 3.63) is 65.5 Å². The first-order valence-corrected chi connectivity index (χ1v) is 9.33. The van der Waals surface area contributed by atoms with Crippen molar-refractivity contribution in [2.45, 2.75) is 13.8 Å². The molecule has 0 radical (unpaired) electrons. The van der Waals surface area contributed by atoms with Gasteiger partial charge in [0, 0.05) is 41.4 Å². The molecule has 1 aliphatic rings. The topological polar surface area (TPSA) is 37.4 Å². The summed E-state index contributed by atoms with van der Waals surface area (Å²) in [4.78, 5) is 24.1. The van der Waals surface area contributed by atoms with Crippen LogP contribution in [-0.2, 0) is 0 Å². The molecule has 132 valence electrons. The molecule has 0 atom stereocenters. The number of anilines is 1. The van der Waals surface area contributed by atoms with Crippen LogP contribution in [0.3, 0.4) is 0 Å². The zero-order chi connectivity index (χ0) is 18.2. The average Bonchev–Trinajstić information content (AvgIpc) is 2.63. The molecule has 2 aromatic rings. The van der Waals surface area contributed by atoms with E-state index in [0.29, 0.717) is 5.56 Å². The number of thioether (sulfide) groups is 1. The van der Waals surface area contributed by atoms with E-state index in [2.05, 4.69) is 4.90 Å². The van der Waals surface area contributed by atoms with E-state index in [0.717, 1.165) is 18.7 Å². The molecule has 3 nitrogen and oxygen atoms in total. The van der Waals surface area contributed by atoms with Crippen LogP contribution in [0.4, 0.5) is 10.1 Å². The van der Waals surface area contributed by atoms with Crippen molar-refractivity contribution in [2.24, 2.45) is 0 Å². The largest absolute Gasteiger partial charge is 0.370 e. The standard InChI is InChI=1S/C12H15NOS.C8H7FO/c1-10(14)11-2-4-12(5-3-11)13-6-8-15-9-7-13;1-6(10)7-2-4-8(9)5-3-7/h2-5H,6-9H2,1H3;2-5H,1H3. The summed E-state index contributed by atoms with van der Waals surface area (Å²) >= 11 is 2.01. The summed E-state index contributed by atoms with van der Waals surface area (Å²) in [5.41, 5.74) is 2.58. The lowest BCUT2D eigenvalue weighted by Crippen LogP contribution is -2.32. The van der Waals surface area contributed by atoms with Crippen molar-refractivity contribution in [1.82, 2.24) is 0 Å². The molecular weight excluding hydrogens is 337 g/mol. The quantitative estimate of drug-likeness (QED) is 0.758. The Morgan fingerprint density at radius 3 is 1.72 bits per heavy atom. The molecular formula is C20H22FNO2S. The second kappa shape index (κ2) is 9.37. The fraction of sp³-hybridized carbons (Fsp3) is 0.300. The van der Waals surface area contributed by atoms with Crippen LogP contribution in [0.25, 0.3) is 0 Å². The van der Waals surface area contributed by atoms with E-state index in [1.54, 1.807) is 6.92 Å². The first-order valence-electron chi connectivity index (χ1n) is 8.17. The molecule has 25 heavy (non-hydrogen) atoms. The molecule has 0 spiro atoms. The highest BCUT2D eigenvalue weighted by Gasteiger charge is 2.11. The molecule has 0 unspecified atom stereocenters. The maximum Gasteiger partial charge on any atom is 0.159 e. The number of ketones is 2. The summed E-state index contributed by atoms with van der Waals surface area (Å²) in [5, 5.41) is 0. The van der Waals surface area contributed by atoms with Gasteiger partial charge in [-0.15, -0.1) is 0 Å². The molecule has 0 N–H and O–H groups in total. The first-order chi connectivity index (χ1) is 12.0. The molecule has 1 aliphatic heterocycles. The van der Waals surface area contributed by atoms with Gasteiger partial charge in [-0.1, -0.05) is 0 Å². The van der Waals surface area contributed by atoms with Crippen LogP contribution in [-0.4, -0.2) is 36.2 Å². The number of rotatable bonds is 3. The number of nitrogens with zero attached hydrogens (tertiary/aromatic N) is 1. The van der Waals surface area contributed by atoms with Gasteiger partial charge in [0.15, 0.2) is 11.6 Å². The fourth-order valence-electron chi connectivity index (χ4n) is 2.41. The molecule has 0 bridgehead atoms. The molecule has 2 aromatic carbocycles. The van der Waals surface area contributed by atoms with Gasteiger partial charge in [-0.3, -0.25) is 9.59 Å². The predicted molar refractivity (Wildman–Crippen MR) is 102 cm³/mol. The van der Waals surface area contributed by atoms with Crippen LogP contribution in [0.15, 0.2) is 48.5 Å². The van der Waals surface area contributed by atoms with E-state index in [-0.39, 0.29) is 17.4 Å². The minimum Gasteiger partial charge on any atom is -0.370 e. The van der Waals surface area contributed by atoms with Gasteiger partial charge in [0.1, 0.15) is 5.82 Å². The summed E-state index contributed by atoms with van der Waals surface area (Å²) in [5.74, 6) is 2.18. The molecule has 5 heteroatoms. The van der Waals surface area contributed by atoms with Gasteiger partial charge in [0.25, 0.3) is 0 Å². The summed E-state index contributed by atoms with van der Waals surface area (Å²) in [7, 11) is 0. The Bertz CT molecular complexity index is 707. The Morgan fingerprint density at radius 1 is 0.840 bits per heavy atom. The van der Waals surface area contributed by atoms with E-state index in [1.165, 1.54) is 48.4 Å². The van der Waals surface area contributed by atoms with Crippen LogP contribution in [0.5, 0.6) is 0 Å². The number of halogens is 1. The number of carbonyl (C=O) groups is 2. The van der Waals surface area contributed by atoms with Gasteiger partial charge >= 0.3 is 0 Å². The second-order valence-corrected chi connectivity index (χ2v) is 6.99. The Hall–Kier alpha value is -2.14. The lowest BCUT2D eigenvalue weighted by atomic mass is 10.1. The fourth-order valence-corrected chi connectivity index (χ4v) is 3.32. The molecule has 1 heterocycles. The van der Waals surface area contributed by atoms with Crippen molar-refractivity contribution in [3.8, 4) is 0 Å². The normalized spacial score (nSPS) is 13.6. The smallest absolute Gasteiger partial charge is 0.159 e. The number of carbonyl (C=O) groups excluding carboxylic acids is 2. The highest BCUT2D eigenvalue weighted by Crippen LogP contribution is 2.19. The highest BCUT2D eigenvalue weighted by molar-refractivity contribution is 7.99. The Kier molecular flexibility index (Phi) is 7.19. The third-order valence-corrected chi connectivity index (χ3v) is 4.84. The molecule has 0 amide bonds. The zero-order valence-corrected chi connectivity index (χ0v) is 15.3. The SMILES string of the molecule is CC(=O)c1ccc(F)cc1.CC(=O)c1ccc(N2CCSCC2)cc1. The van der Waals surface area contributed by atoms with Crippen LogP contribution in [0.2, 0.25) is 0 Å². The number of hydrogen-bond donors (Lipinski definition) is 0. The number of hydrogen-bond acceptors (Lipinski definition) is 4. The molecule has 1 fully saturated rings. The minimum atomic E-state index is -0.315. The zero-order valence-electron chi connectivity index (χ0n) is 14.5.